The average molecular weight is 497 g/mol. The van der Waals surface area contributed by atoms with Crippen molar-refractivity contribution in [3.05, 3.63) is 33.6 Å². The lowest BCUT2D eigenvalue weighted by molar-refractivity contribution is 0.103. The van der Waals surface area contributed by atoms with Crippen LogP contribution in [0, 0.1) is 18.3 Å². The number of aryl methyl sites for hydroxylation is 1. The van der Waals surface area contributed by atoms with Crippen LogP contribution in [0.15, 0.2) is 17.5 Å². The number of thiazole rings is 1. The average Bonchev–Trinajstić information content (AvgIpc) is 3.38. The predicted molar refractivity (Wildman–Crippen MR) is 133 cm³/mol. The van der Waals surface area contributed by atoms with Gasteiger partial charge in [-0.25, -0.2) is 9.97 Å². The number of anilines is 3. The molecule has 10 nitrogen and oxygen atoms in total. The molecule has 3 aromatic heterocycles. The van der Waals surface area contributed by atoms with Gasteiger partial charge in [0.1, 0.15) is 27.2 Å². The van der Waals surface area contributed by atoms with Crippen LogP contribution in [0.1, 0.15) is 20.9 Å². The first-order valence-corrected chi connectivity index (χ1v) is 11.5. The number of hydrogen-bond donors (Lipinski definition) is 3. The van der Waals surface area contributed by atoms with Gasteiger partial charge in [-0.05, 0) is 24.6 Å². The van der Waals surface area contributed by atoms with E-state index in [1.807, 2.05) is 12.3 Å². The molecular weight excluding hydrogens is 476 g/mol. The number of methoxy groups -OCH3 is 3. The van der Waals surface area contributed by atoms with Crippen molar-refractivity contribution < 1.29 is 19.0 Å². The molecule has 1 amide bonds. The molecule has 12 heteroatoms. The highest BCUT2D eigenvalue weighted by molar-refractivity contribution is 7.21. The van der Waals surface area contributed by atoms with Gasteiger partial charge in [-0.2, -0.15) is 5.26 Å². The summed E-state index contributed by atoms with van der Waals surface area (Å²) in [5.74, 6) is 0.748. The number of nitrogen functional groups attached to an aromatic ring is 2. The van der Waals surface area contributed by atoms with Crippen LogP contribution in [0.4, 0.5) is 16.6 Å². The van der Waals surface area contributed by atoms with E-state index in [1.54, 1.807) is 12.1 Å². The maximum absolute atomic E-state index is 13.0. The van der Waals surface area contributed by atoms with E-state index >= 15 is 0 Å². The van der Waals surface area contributed by atoms with Gasteiger partial charge in [0.05, 0.1) is 32.7 Å². The Morgan fingerprint density at radius 1 is 1.12 bits per heavy atom. The summed E-state index contributed by atoms with van der Waals surface area (Å²) >= 11 is 2.39. The number of benzene rings is 1. The van der Waals surface area contributed by atoms with Crippen molar-refractivity contribution >= 4 is 55.4 Å². The van der Waals surface area contributed by atoms with Crippen molar-refractivity contribution in [3.63, 3.8) is 0 Å². The molecule has 0 aliphatic heterocycles. The third-order valence-electron chi connectivity index (χ3n) is 5.02. The molecular formula is C22H20N6O4S2. The van der Waals surface area contributed by atoms with Gasteiger partial charge in [0.15, 0.2) is 16.6 Å². The molecule has 0 fully saturated rings. The van der Waals surface area contributed by atoms with Gasteiger partial charge >= 0.3 is 0 Å². The molecule has 174 valence electrons. The van der Waals surface area contributed by atoms with Gasteiger partial charge in [-0.3, -0.25) is 10.1 Å². The summed E-state index contributed by atoms with van der Waals surface area (Å²) in [5.41, 5.74) is 14.6. The maximum Gasteiger partial charge on any atom is 0.269 e. The molecule has 0 bridgehead atoms. The second-order valence-corrected chi connectivity index (χ2v) is 8.90. The Labute approximate surface area is 202 Å². The van der Waals surface area contributed by atoms with Crippen molar-refractivity contribution in [2.75, 3.05) is 38.1 Å². The molecule has 4 rings (SSSR count). The highest BCUT2D eigenvalue weighted by Crippen LogP contribution is 2.47. The van der Waals surface area contributed by atoms with E-state index in [2.05, 4.69) is 21.4 Å². The molecule has 0 saturated heterocycles. The second kappa shape index (κ2) is 9.05. The third kappa shape index (κ3) is 3.81. The fourth-order valence-electron chi connectivity index (χ4n) is 3.53. The molecule has 0 radical (unpaired) electrons. The predicted octanol–water partition coefficient (Wildman–Crippen LogP) is 4.04. The van der Waals surface area contributed by atoms with E-state index in [0.717, 1.165) is 17.0 Å². The summed E-state index contributed by atoms with van der Waals surface area (Å²) in [7, 11) is 4.48. The van der Waals surface area contributed by atoms with Crippen molar-refractivity contribution in [3.8, 4) is 34.4 Å². The van der Waals surface area contributed by atoms with E-state index in [9.17, 15) is 10.1 Å². The molecule has 0 atom stereocenters. The number of ether oxygens (including phenoxy) is 3. The molecule has 0 saturated carbocycles. The lowest BCUT2D eigenvalue weighted by atomic mass is 9.96. The minimum atomic E-state index is -0.428. The van der Waals surface area contributed by atoms with Crippen LogP contribution >= 0.6 is 22.7 Å². The van der Waals surface area contributed by atoms with Crippen LogP contribution in [0.2, 0.25) is 0 Å². The number of aromatic nitrogens is 2. The third-order valence-corrected chi connectivity index (χ3v) is 6.99. The number of nitriles is 1. The number of carbonyl (C=O) groups is 1. The highest BCUT2D eigenvalue weighted by Gasteiger charge is 2.26. The lowest BCUT2D eigenvalue weighted by Gasteiger charge is -2.16. The van der Waals surface area contributed by atoms with Gasteiger partial charge < -0.3 is 25.7 Å². The summed E-state index contributed by atoms with van der Waals surface area (Å²) in [6.07, 6.45) is 0. The SMILES string of the molecule is COc1cc(-c2c(C#N)c(N)nc3sc(C(=O)Nc4nc(C)cs4)c(N)c23)cc(OC)c1OC. The van der Waals surface area contributed by atoms with Crippen LogP contribution in [0.25, 0.3) is 21.3 Å². The molecule has 4 aromatic rings. The van der Waals surface area contributed by atoms with Crippen LogP contribution in [0.3, 0.4) is 0 Å². The molecule has 0 unspecified atom stereocenters. The summed E-state index contributed by atoms with van der Waals surface area (Å²) in [5, 5.41) is 15.4. The van der Waals surface area contributed by atoms with Gasteiger partial charge in [-0.15, -0.1) is 22.7 Å². The first-order chi connectivity index (χ1) is 16.3. The number of thiophene rings is 1. The Hall–Kier alpha value is -4.08. The number of hydrogen-bond acceptors (Lipinski definition) is 11. The number of carbonyl (C=O) groups excluding carboxylic acids is 1. The Morgan fingerprint density at radius 3 is 2.32 bits per heavy atom. The standard InChI is InChI=1S/C22H20N6O4S2/c1-9-8-33-22(26-9)28-20(29)18-16(24)15-14(11(7-23)19(25)27-21(15)34-18)10-5-12(30-2)17(32-4)13(6-10)31-3/h5-6,8H,24H2,1-4H3,(H2,25,27)(H,26,28,29). The Kier molecular flexibility index (Phi) is 6.14. The van der Waals surface area contributed by atoms with Crippen molar-refractivity contribution in [1.82, 2.24) is 9.97 Å². The number of rotatable bonds is 6. The number of pyridine rings is 1. The minimum Gasteiger partial charge on any atom is -0.493 e. The quantitative estimate of drug-likeness (QED) is 0.358. The zero-order valence-corrected chi connectivity index (χ0v) is 20.3. The number of nitrogens with two attached hydrogens (primary N) is 2. The topological polar surface area (TPSA) is 158 Å². The van der Waals surface area contributed by atoms with Crippen molar-refractivity contribution in [1.29, 1.82) is 5.26 Å². The summed E-state index contributed by atoms with van der Waals surface area (Å²) in [4.78, 5) is 22.2. The Bertz CT molecular complexity index is 1450. The van der Waals surface area contributed by atoms with E-state index < -0.39 is 5.91 Å². The van der Waals surface area contributed by atoms with Gasteiger partial charge in [0.2, 0.25) is 5.75 Å². The number of amides is 1. The lowest BCUT2D eigenvalue weighted by Crippen LogP contribution is -2.11. The second-order valence-electron chi connectivity index (χ2n) is 7.05. The largest absolute Gasteiger partial charge is 0.493 e. The van der Waals surface area contributed by atoms with Crippen molar-refractivity contribution in [2.45, 2.75) is 6.92 Å². The van der Waals surface area contributed by atoms with E-state index in [4.69, 9.17) is 25.7 Å². The van der Waals surface area contributed by atoms with E-state index in [1.165, 1.54) is 32.7 Å². The molecule has 5 N–H and O–H groups in total. The summed E-state index contributed by atoms with van der Waals surface area (Å²) < 4.78 is 16.3. The Balaban J connectivity index is 1.97. The van der Waals surface area contributed by atoms with Crippen LogP contribution in [-0.2, 0) is 0 Å². The number of nitrogens with zero attached hydrogens (tertiary/aromatic N) is 3. The smallest absolute Gasteiger partial charge is 0.269 e. The fourth-order valence-corrected chi connectivity index (χ4v) is 5.22. The molecule has 34 heavy (non-hydrogen) atoms. The van der Waals surface area contributed by atoms with E-state index in [-0.39, 0.29) is 21.9 Å². The van der Waals surface area contributed by atoms with Crippen LogP contribution in [0.5, 0.6) is 17.2 Å². The summed E-state index contributed by atoms with van der Waals surface area (Å²) in [6.45, 7) is 1.83. The number of nitrogens with one attached hydrogen (secondary N) is 1. The molecule has 0 spiro atoms. The van der Waals surface area contributed by atoms with Gasteiger partial charge in [0, 0.05) is 16.3 Å². The zero-order valence-electron chi connectivity index (χ0n) is 18.7. The normalized spacial score (nSPS) is 10.7. The molecule has 0 aliphatic rings. The van der Waals surface area contributed by atoms with Crippen LogP contribution < -0.4 is 31.0 Å². The fraction of sp³-hybridized carbons (Fsp3) is 0.182. The zero-order chi connectivity index (χ0) is 24.6. The summed E-state index contributed by atoms with van der Waals surface area (Å²) in [6, 6.07) is 5.48. The number of fused-ring (bicyclic) bond motifs is 1. The Morgan fingerprint density at radius 2 is 1.79 bits per heavy atom. The highest BCUT2D eigenvalue weighted by atomic mass is 32.1. The monoisotopic (exact) mass is 496 g/mol. The van der Waals surface area contributed by atoms with Gasteiger partial charge in [-0.1, -0.05) is 0 Å². The molecule has 1 aromatic carbocycles. The first kappa shape index (κ1) is 23.1. The van der Waals surface area contributed by atoms with Crippen molar-refractivity contribution in [2.24, 2.45) is 0 Å². The van der Waals surface area contributed by atoms with Gasteiger partial charge in [0.25, 0.3) is 5.91 Å². The van der Waals surface area contributed by atoms with Crippen LogP contribution in [-0.4, -0.2) is 37.2 Å². The molecule has 3 heterocycles. The molecule has 0 aliphatic carbocycles. The first-order valence-electron chi connectivity index (χ1n) is 9.78. The minimum absolute atomic E-state index is 0.0162. The van der Waals surface area contributed by atoms with E-state index in [0.29, 0.717) is 43.7 Å². The maximum atomic E-state index is 13.0.